The van der Waals surface area contributed by atoms with Crippen LogP contribution in [-0.4, -0.2) is 57.8 Å². The molecule has 1 fully saturated rings. The molecule has 3 heterocycles. The minimum absolute atomic E-state index is 0.0423. The van der Waals surface area contributed by atoms with Gasteiger partial charge in [-0.05, 0) is 36.4 Å². The smallest absolute Gasteiger partial charge is 0.325 e. The van der Waals surface area contributed by atoms with Crippen LogP contribution >= 0.6 is 11.6 Å². The summed E-state index contributed by atoms with van der Waals surface area (Å²) in [4.78, 5) is 49.2. The molecule has 0 saturated carbocycles. The monoisotopic (exact) mass is 428 g/mol. The van der Waals surface area contributed by atoms with Crippen molar-refractivity contribution in [3.05, 3.63) is 51.9 Å². The van der Waals surface area contributed by atoms with Crippen molar-refractivity contribution in [1.29, 1.82) is 0 Å². The van der Waals surface area contributed by atoms with Crippen LogP contribution in [0.25, 0.3) is 11.2 Å². The summed E-state index contributed by atoms with van der Waals surface area (Å²) in [6.45, 7) is 2.70. The number of aromatic amines is 2. The Kier molecular flexibility index (Phi) is 5.71. The van der Waals surface area contributed by atoms with Crippen molar-refractivity contribution in [2.45, 2.75) is 12.8 Å². The Labute approximate surface area is 177 Å². The number of piperazine rings is 1. The Morgan fingerprint density at radius 1 is 1.00 bits per heavy atom. The van der Waals surface area contributed by atoms with Crippen LogP contribution in [0.15, 0.2) is 41.2 Å². The number of pyridine rings is 1. The fourth-order valence-electron chi connectivity index (χ4n) is 3.44. The number of hydrogen-bond acceptors (Lipinski definition) is 5. The summed E-state index contributed by atoms with van der Waals surface area (Å²) < 4.78 is 0. The molecule has 3 aromatic rings. The van der Waals surface area contributed by atoms with Crippen molar-refractivity contribution in [1.82, 2.24) is 19.9 Å². The van der Waals surface area contributed by atoms with Crippen LogP contribution in [0.2, 0.25) is 5.02 Å². The molecule has 9 nitrogen and oxygen atoms in total. The van der Waals surface area contributed by atoms with Gasteiger partial charge in [0.2, 0.25) is 11.8 Å². The summed E-state index contributed by atoms with van der Waals surface area (Å²) in [7, 11) is 0. The standard InChI is InChI=1S/C20H21ClN6O3/c21-13-1-3-14(4-2-13)26-9-11-27(12-10-26)18(29)8-7-17(28)23-16-6-5-15-19(24-16)25-20(30)22-15/h1-6H,7-12H2,(H3,22,23,24,25,28,30). The third-order valence-corrected chi connectivity index (χ3v) is 5.28. The number of halogens is 1. The number of rotatable bonds is 5. The first-order valence-electron chi connectivity index (χ1n) is 9.65. The maximum Gasteiger partial charge on any atom is 0.325 e. The minimum atomic E-state index is -0.359. The van der Waals surface area contributed by atoms with Gasteiger partial charge in [-0.3, -0.25) is 14.6 Å². The lowest BCUT2D eigenvalue weighted by Gasteiger charge is -2.36. The largest absolute Gasteiger partial charge is 0.368 e. The lowest BCUT2D eigenvalue weighted by atomic mass is 10.2. The molecule has 1 saturated heterocycles. The number of nitrogens with zero attached hydrogens (tertiary/aromatic N) is 3. The zero-order valence-electron chi connectivity index (χ0n) is 16.2. The fourth-order valence-corrected chi connectivity index (χ4v) is 3.56. The number of amides is 2. The lowest BCUT2D eigenvalue weighted by Crippen LogP contribution is -2.48. The van der Waals surface area contributed by atoms with Gasteiger partial charge in [0.25, 0.3) is 0 Å². The van der Waals surface area contributed by atoms with Gasteiger partial charge < -0.3 is 20.1 Å². The van der Waals surface area contributed by atoms with Crippen LogP contribution in [0, 0.1) is 0 Å². The number of anilines is 2. The number of nitrogens with one attached hydrogen (secondary N) is 3. The highest BCUT2D eigenvalue weighted by atomic mass is 35.5. The number of hydrogen-bond donors (Lipinski definition) is 3. The highest BCUT2D eigenvalue weighted by Gasteiger charge is 2.21. The summed E-state index contributed by atoms with van der Waals surface area (Å²) in [5.41, 5.74) is 1.65. The number of carbonyl (C=O) groups is 2. The second kappa shape index (κ2) is 8.58. The average molecular weight is 429 g/mol. The molecular formula is C20H21ClN6O3. The summed E-state index contributed by atoms with van der Waals surface area (Å²) in [6, 6.07) is 10.9. The molecular weight excluding hydrogens is 408 g/mol. The molecule has 4 rings (SSSR count). The summed E-state index contributed by atoms with van der Waals surface area (Å²) in [5, 5.41) is 3.36. The lowest BCUT2D eigenvalue weighted by molar-refractivity contribution is -0.133. The highest BCUT2D eigenvalue weighted by molar-refractivity contribution is 6.30. The van der Waals surface area contributed by atoms with Gasteiger partial charge >= 0.3 is 5.69 Å². The number of H-pyrrole nitrogens is 2. The SMILES string of the molecule is O=C(CCC(=O)N1CCN(c2ccc(Cl)cc2)CC1)Nc1ccc2[nH]c(=O)[nH]c2n1. The molecule has 1 aromatic carbocycles. The van der Waals surface area contributed by atoms with Crippen molar-refractivity contribution >= 4 is 46.1 Å². The normalized spacial score (nSPS) is 14.2. The van der Waals surface area contributed by atoms with E-state index in [1.165, 1.54) is 0 Å². The molecule has 0 spiro atoms. The zero-order valence-corrected chi connectivity index (χ0v) is 16.9. The number of fused-ring (bicyclic) bond motifs is 1. The quantitative estimate of drug-likeness (QED) is 0.574. The third kappa shape index (κ3) is 4.62. The predicted molar refractivity (Wildman–Crippen MR) is 115 cm³/mol. The Morgan fingerprint density at radius 2 is 1.73 bits per heavy atom. The average Bonchev–Trinajstić information content (AvgIpc) is 3.12. The minimum Gasteiger partial charge on any atom is -0.368 e. The summed E-state index contributed by atoms with van der Waals surface area (Å²) >= 11 is 5.93. The molecule has 2 aromatic heterocycles. The molecule has 3 N–H and O–H groups in total. The molecule has 1 aliphatic rings. The highest BCUT2D eigenvalue weighted by Crippen LogP contribution is 2.20. The topological polar surface area (TPSA) is 114 Å². The Balaban J connectivity index is 1.24. The second-order valence-corrected chi connectivity index (χ2v) is 7.50. The zero-order chi connectivity index (χ0) is 21.1. The molecule has 30 heavy (non-hydrogen) atoms. The van der Waals surface area contributed by atoms with E-state index in [4.69, 9.17) is 11.6 Å². The van der Waals surface area contributed by atoms with Crippen LogP contribution in [-0.2, 0) is 9.59 Å². The van der Waals surface area contributed by atoms with E-state index in [0.717, 1.165) is 18.8 Å². The Hall–Kier alpha value is -3.33. The molecule has 0 radical (unpaired) electrons. The molecule has 2 amide bonds. The van der Waals surface area contributed by atoms with E-state index in [0.29, 0.717) is 35.1 Å². The first-order chi connectivity index (χ1) is 14.5. The van der Waals surface area contributed by atoms with Crippen molar-refractivity contribution in [2.75, 3.05) is 36.4 Å². The van der Waals surface area contributed by atoms with Crippen LogP contribution in [0.5, 0.6) is 0 Å². The van der Waals surface area contributed by atoms with Gasteiger partial charge in [0.15, 0.2) is 5.65 Å². The summed E-state index contributed by atoms with van der Waals surface area (Å²) in [5.74, 6) is -0.0149. The third-order valence-electron chi connectivity index (χ3n) is 5.03. The fraction of sp³-hybridized carbons (Fsp3) is 0.300. The van der Waals surface area contributed by atoms with Crippen molar-refractivity contribution in [2.24, 2.45) is 0 Å². The van der Waals surface area contributed by atoms with E-state index >= 15 is 0 Å². The van der Waals surface area contributed by atoms with Gasteiger partial charge in [0.1, 0.15) is 5.82 Å². The van der Waals surface area contributed by atoms with E-state index in [-0.39, 0.29) is 30.3 Å². The van der Waals surface area contributed by atoms with E-state index in [1.54, 1.807) is 17.0 Å². The summed E-state index contributed by atoms with van der Waals surface area (Å²) in [6.07, 6.45) is 0.204. The van der Waals surface area contributed by atoms with Crippen LogP contribution in [0.4, 0.5) is 11.5 Å². The molecule has 156 valence electrons. The maximum absolute atomic E-state index is 12.5. The van der Waals surface area contributed by atoms with E-state index in [2.05, 4.69) is 25.2 Å². The predicted octanol–water partition coefficient (Wildman–Crippen LogP) is 1.97. The van der Waals surface area contributed by atoms with Gasteiger partial charge in [-0.15, -0.1) is 0 Å². The first-order valence-corrected chi connectivity index (χ1v) is 10.0. The van der Waals surface area contributed by atoms with Gasteiger partial charge in [0, 0.05) is 49.7 Å². The van der Waals surface area contributed by atoms with E-state index < -0.39 is 0 Å². The van der Waals surface area contributed by atoms with Crippen LogP contribution in [0.3, 0.4) is 0 Å². The molecule has 1 aliphatic heterocycles. The van der Waals surface area contributed by atoms with E-state index in [1.807, 2.05) is 24.3 Å². The van der Waals surface area contributed by atoms with Gasteiger partial charge in [0.05, 0.1) is 5.52 Å². The van der Waals surface area contributed by atoms with Gasteiger partial charge in [-0.1, -0.05) is 11.6 Å². The maximum atomic E-state index is 12.5. The number of benzene rings is 1. The molecule has 10 heteroatoms. The van der Waals surface area contributed by atoms with E-state index in [9.17, 15) is 14.4 Å². The van der Waals surface area contributed by atoms with Gasteiger partial charge in [-0.25, -0.2) is 9.78 Å². The van der Waals surface area contributed by atoms with Crippen molar-refractivity contribution in [3.8, 4) is 0 Å². The molecule has 0 aliphatic carbocycles. The number of aromatic nitrogens is 3. The van der Waals surface area contributed by atoms with Crippen molar-refractivity contribution < 1.29 is 9.59 Å². The molecule has 0 atom stereocenters. The number of imidazole rings is 1. The van der Waals surface area contributed by atoms with Crippen molar-refractivity contribution in [3.63, 3.8) is 0 Å². The second-order valence-electron chi connectivity index (χ2n) is 7.06. The first kappa shape index (κ1) is 20.0. The molecule has 0 bridgehead atoms. The van der Waals surface area contributed by atoms with Crippen LogP contribution in [0.1, 0.15) is 12.8 Å². The molecule has 0 unspecified atom stereocenters. The number of carbonyl (C=O) groups excluding carboxylic acids is 2. The Bertz CT molecular complexity index is 1120. The van der Waals surface area contributed by atoms with Gasteiger partial charge in [-0.2, -0.15) is 0 Å². The van der Waals surface area contributed by atoms with Crippen LogP contribution < -0.4 is 15.9 Å². The Morgan fingerprint density at radius 3 is 2.47 bits per heavy atom.